The average Bonchev–Trinajstić information content (AvgIpc) is 2.45. The molecule has 0 radical (unpaired) electrons. The Balaban J connectivity index is 2.64. The highest BCUT2D eigenvalue weighted by Crippen LogP contribution is 2.04. The summed E-state index contributed by atoms with van der Waals surface area (Å²) in [6.45, 7) is 4.18. The monoisotopic (exact) mass is 274 g/mol. The van der Waals surface area contributed by atoms with Crippen LogP contribution in [0.15, 0.2) is 18.5 Å². The Hall–Kier alpha value is -1.86. The third kappa shape index (κ3) is 5.85. The lowest BCUT2D eigenvalue weighted by Gasteiger charge is -2.13. The zero-order valence-electron chi connectivity index (χ0n) is 12.1. The minimum Gasteiger partial charge on any atom is -0.395 e. The molecule has 0 saturated heterocycles. The minimum atomic E-state index is -0.119. The van der Waals surface area contributed by atoms with Gasteiger partial charge in [-0.15, -0.1) is 0 Å². The molecule has 0 aromatic carbocycles. The summed E-state index contributed by atoms with van der Waals surface area (Å²) in [4.78, 5) is 16.1. The lowest BCUT2D eigenvalue weighted by Crippen LogP contribution is -2.32. The molecular formula is C16H22N2O2. The minimum absolute atomic E-state index is 0.0373. The van der Waals surface area contributed by atoms with Crippen molar-refractivity contribution in [1.82, 2.24) is 10.3 Å². The number of aliphatic hydroxyl groups excluding tert-OH is 1. The smallest absolute Gasteiger partial charge is 0.253 e. The van der Waals surface area contributed by atoms with Crippen molar-refractivity contribution in [3.05, 3.63) is 29.6 Å². The van der Waals surface area contributed by atoms with Crippen LogP contribution in [0.5, 0.6) is 0 Å². The number of unbranched alkanes of at least 4 members (excludes halogenated alkanes) is 1. The highest BCUT2D eigenvalue weighted by atomic mass is 16.2. The zero-order chi connectivity index (χ0) is 14.8. The van der Waals surface area contributed by atoms with Crippen molar-refractivity contribution < 1.29 is 9.90 Å². The van der Waals surface area contributed by atoms with E-state index in [1.54, 1.807) is 18.5 Å². The van der Waals surface area contributed by atoms with Gasteiger partial charge in [-0.05, 0) is 19.4 Å². The summed E-state index contributed by atoms with van der Waals surface area (Å²) in [6.07, 6.45) is 6.78. The Morgan fingerprint density at radius 3 is 3.00 bits per heavy atom. The van der Waals surface area contributed by atoms with Crippen molar-refractivity contribution >= 4 is 5.91 Å². The van der Waals surface area contributed by atoms with E-state index in [-0.39, 0.29) is 18.6 Å². The quantitative estimate of drug-likeness (QED) is 0.781. The van der Waals surface area contributed by atoms with Gasteiger partial charge in [-0.25, -0.2) is 0 Å². The Kier molecular flexibility index (Phi) is 7.38. The second-order valence-electron chi connectivity index (χ2n) is 4.75. The van der Waals surface area contributed by atoms with Crippen molar-refractivity contribution in [3.8, 4) is 11.8 Å². The van der Waals surface area contributed by atoms with Crippen LogP contribution in [-0.2, 0) is 0 Å². The van der Waals surface area contributed by atoms with E-state index in [9.17, 15) is 4.79 Å². The molecule has 0 saturated carbocycles. The molecular weight excluding hydrogens is 252 g/mol. The van der Waals surface area contributed by atoms with Gasteiger partial charge in [0, 0.05) is 30.4 Å². The number of nitrogens with one attached hydrogen (secondary N) is 1. The largest absolute Gasteiger partial charge is 0.395 e. The first kappa shape index (κ1) is 16.2. The number of aliphatic hydroxyl groups is 1. The van der Waals surface area contributed by atoms with E-state index in [2.05, 4.69) is 29.1 Å². The van der Waals surface area contributed by atoms with Crippen molar-refractivity contribution in [2.24, 2.45) is 0 Å². The van der Waals surface area contributed by atoms with Crippen LogP contribution in [0, 0.1) is 11.8 Å². The Labute approximate surface area is 120 Å². The first-order valence-electron chi connectivity index (χ1n) is 7.03. The molecule has 0 spiro atoms. The van der Waals surface area contributed by atoms with Crippen LogP contribution >= 0.6 is 0 Å². The molecule has 1 amide bonds. The van der Waals surface area contributed by atoms with Gasteiger partial charge in [-0.1, -0.05) is 31.6 Å². The molecule has 1 unspecified atom stereocenters. The summed E-state index contributed by atoms with van der Waals surface area (Å²) in [5.41, 5.74) is 1.21. The van der Waals surface area contributed by atoms with E-state index in [1.165, 1.54) is 0 Å². The highest BCUT2D eigenvalue weighted by Gasteiger charge is 2.09. The number of aromatic nitrogens is 1. The van der Waals surface area contributed by atoms with Gasteiger partial charge < -0.3 is 10.4 Å². The topological polar surface area (TPSA) is 62.2 Å². The maximum Gasteiger partial charge on any atom is 0.253 e. The van der Waals surface area contributed by atoms with E-state index in [1.807, 2.05) is 6.92 Å². The van der Waals surface area contributed by atoms with Crippen LogP contribution in [0.25, 0.3) is 0 Å². The van der Waals surface area contributed by atoms with Crippen LogP contribution in [0.1, 0.15) is 55.5 Å². The summed E-state index contributed by atoms with van der Waals surface area (Å²) in [7, 11) is 0. The molecule has 2 N–H and O–H groups in total. The number of amides is 1. The maximum atomic E-state index is 12.1. The molecule has 4 nitrogen and oxygen atoms in total. The molecule has 1 aromatic rings. The lowest BCUT2D eigenvalue weighted by atomic mass is 10.1. The zero-order valence-corrected chi connectivity index (χ0v) is 12.1. The Morgan fingerprint density at radius 1 is 1.50 bits per heavy atom. The van der Waals surface area contributed by atoms with Gasteiger partial charge in [0.05, 0.1) is 12.2 Å². The lowest BCUT2D eigenvalue weighted by molar-refractivity contribution is 0.0937. The van der Waals surface area contributed by atoms with Gasteiger partial charge >= 0.3 is 0 Å². The first-order chi connectivity index (χ1) is 9.67. The fourth-order valence-corrected chi connectivity index (χ4v) is 1.74. The molecule has 1 heterocycles. The van der Waals surface area contributed by atoms with Crippen molar-refractivity contribution in [2.75, 3.05) is 6.61 Å². The standard InChI is InChI=1S/C16H22N2O2/c1-3-4-7-13(2)18-16(20)15-10-14(11-17-12-15)8-5-6-9-19/h10-13,19H,3-4,6-7,9H2,1-2H3,(H,18,20). The number of hydrogen-bond acceptors (Lipinski definition) is 3. The van der Waals surface area contributed by atoms with E-state index in [0.717, 1.165) is 19.3 Å². The molecule has 4 heteroatoms. The molecule has 0 aliphatic rings. The number of nitrogens with zero attached hydrogens (tertiary/aromatic N) is 1. The molecule has 0 fully saturated rings. The first-order valence-corrected chi connectivity index (χ1v) is 7.03. The maximum absolute atomic E-state index is 12.1. The second kappa shape index (κ2) is 9.11. The molecule has 20 heavy (non-hydrogen) atoms. The van der Waals surface area contributed by atoms with Crippen LogP contribution in [0.2, 0.25) is 0 Å². The predicted molar refractivity (Wildman–Crippen MR) is 79.3 cm³/mol. The van der Waals surface area contributed by atoms with Gasteiger partial charge in [0.2, 0.25) is 0 Å². The third-order valence-electron chi connectivity index (χ3n) is 2.84. The Morgan fingerprint density at radius 2 is 2.30 bits per heavy atom. The predicted octanol–water partition coefficient (Wildman–Crippen LogP) is 2.12. The fourth-order valence-electron chi connectivity index (χ4n) is 1.74. The average molecular weight is 274 g/mol. The fraction of sp³-hybridized carbons (Fsp3) is 0.500. The molecule has 0 aliphatic heterocycles. The van der Waals surface area contributed by atoms with E-state index < -0.39 is 0 Å². The van der Waals surface area contributed by atoms with Crippen LogP contribution in [0.4, 0.5) is 0 Å². The van der Waals surface area contributed by atoms with Crippen molar-refractivity contribution in [3.63, 3.8) is 0 Å². The van der Waals surface area contributed by atoms with Crippen LogP contribution < -0.4 is 5.32 Å². The summed E-state index contributed by atoms with van der Waals surface area (Å²) < 4.78 is 0. The van der Waals surface area contributed by atoms with Gasteiger partial charge in [0.1, 0.15) is 0 Å². The van der Waals surface area contributed by atoms with Crippen molar-refractivity contribution in [2.45, 2.75) is 45.6 Å². The second-order valence-corrected chi connectivity index (χ2v) is 4.75. The third-order valence-corrected chi connectivity index (χ3v) is 2.84. The van der Waals surface area contributed by atoms with Crippen molar-refractivity contribution in [1.29, 1.82) is 0 Å². The SMILES string of the molecule is CCCCC(C)NC(=O)c1cncc(C#CCCO)c1. The van der Waals surface area contributed by atoms with E-state index in [4.69, 9.17) is 5.11 Å². The summed E-state index contributed by atoms with van der Waals surface area (Å²) in [5.74, 6) is 5.57. The van der Waals surface area contributed by atoms with E-state index in [0.29, 0.717) is 17.5 Å². The normalized spacial score (nSPS) is 11.3. The van der Waals surface area contributed by atoms with Gasteiger partial charge in [-0.3, -0.25) is 9.78 Å². The number of carbonyl (C=O) groups excluding carboxylic acids is 1. The molecule has 1 rings (SSSR count). The number of rotatable bonds is 6. The Bertz CT molecular complexity index is 489. The number of carbonyl (C=O) groups is 1. The molecule has 1 atom stereocenters. The molecule has 108 valence electrons. The van der Waals surface area contributed by atoms with Crippen LogP contribution in [-0.4, -0.2) is 28.6 Å². The summed E-state index contributed by atoms with van der Waals surface area (Å²) >= 11 is 0. The molecule has 0 aliphatic carbocycles. The van der Waals surface area contributed by atoms with Gasteiger partial charge in [0.25, 0.3) is 5.91 Å². The number of hydrogen-bond donors (Lipinski definition) is 2. The number of pyridine rings is 1. The highest BCUT2D eigenvalue weighted by molar-refractivity contribution is 5.94. The summed E-state index contributed by atoms with van der Waals surface area (Å²) in [6, 6.07) is 1.88. The van der Waals surface area contributed by atoms with E-state index >= 15 is 0 Å². The van der Waals surface area contributed by atoms with Gasteiger partial charge in [0.15, 0.2) is 0 Å². The molecule has 0 bridgehead atoms. The van der Waals surface area contributed by atoms with Crippen LogP contribution in [0.3, 0.4) is 0 Å². The summed E-state index contributed by atoms with van der Waals surface area (Å²) in [5, 5.41) is 11.6. The van der Waals surface area contributed by atoms with Gasteiger partial charge in [-0.2, -0.15) is 0 Å². The molecule has 1 aromatic heterocycles.